The molecule has 0 saturated carbocycles. The summed E-state index contributed by atoms with van der Waals surface area (Å²) in [7, 11) is 0. The van der Waals surface area contributed by atoms with Crippen molar-refractivity contribution in [1.29, 1.82) is 0 Å². The second kappa shape index (κ2) is 12.8. The molecule has 0 fully saturated rings. The lowest BCUT2D eigenvalue weighted by molar-refractivity contribution is -0.121. The van der Waals surface area contributed by atoms with Crippen molar-refractivity contribution < 1.29 is 14.0 Å². The standard InChI is InChI=1S/C21H27N3O3S/c1-2-3-4-5-9-12-19(25)24-22-15-18-13-14-21(27-18)28-16-20(26)23-17-10-7-6-8-11-17/h6-8,10-11,13-15H,2-5,9,12,16H2,1H3,(H,23,26)(H,24,25)/b22-15-. The van der Waals surface area contributed by atoms with E-state index in [0.29, 0.717) is 17.3 Å². The van der Waals surface area contributed by atoms with Crippen LogP contribution in [0.2, 0.25) is 0 Å². The number of hydrazone groups is 1. The maximum absolute atomic E-state index is 11.9. The molecule has 0 atom stereocenters. The molecular weight excluding hydrogens is 374 g/mol. The van der Waals surface area contributed by atoms with E-state index >= 15 is 0 Å². The monoisotopic (exact) mass is 401 g/mol. The minimum Gasteiger partial charge on any atom is -0.449 e. The van der Waals surface area contributed by atoms with Crippen LogP contribution >= 0.6 is 11.8 Å². The maximum Gasteiger partial charge on any atom is 0.240 e. The average Bonchev–Trinajstić information content (AvgIpc) is 3.15. The van der Waals surface area contributed by atoms with Crippen LogP contribution in [-0.4, -0.2) is 23.8 Å². The van der Waals surface area contributed by atoms with E-state index in [0.717, 1.165) is 18.5 Å². The number of anilines is 1. The van der Waals surface area contributed by atoms with Crippen molar-refractivity contribution in [2.24, 2.45) is 5.10 Å². The molecule has 1 aromatic carbocycles. The van der Waals surface area contributed by atoms with Gasteiger partial charge in [-0.2, -0.15) is 5.10 Å². The van der Waals surface area contributed by atoms with Gasteiger partial charge in [0.1, 0.15) is 5.76 Å². The summed E-state index contributed by atoms with van der Waals surface area (Å²) >= 11 is 1.30. The molecule has 2 amide bonds. The van der Waals surface area contributed by atoms with Crippen LogP contribution in [-0.2, 0) is 9.59 Å². The molecular formula is C21H27N3O3S. The van der Waals surface area contributed by atoms with Crippen molar-refractivity contribution in [3.8, 4) is 0 Å². The number of amides is 2. The average molecular weight is 402 g/mol. The lowest BCUT2D eigenvalue weighted by Gasteiger charge is -2.03. The summed E-state index contributed by atoms with van der Waals surface area (Å²) in [5.41, 5.74) is 3.27. The van der Waals surface area contributed by atoms with Crippen LogP contribution in [0.1, 0.15) is 51.2 Å². The number of carbonyl (C=O) groups is 2. The van der Waals surface area contributed by atoms with Crippen LogP contribution in [0.5, 0.6) is 0 Å². The first-order chi connectivity index (χ1) is 13.7. The van der Waals surface area contributed by atoms with Gasteiger partial charge in [0, 0.05) is 12.1 Å². The molecule has 0 bridgehead atoms. The molecule has 1 heterocycles. The summed E-state index contributed by atoms with van der Waals surface area (Å²) in [5.74, 6) is 0.572. The van der Waals surface area contributed by atoms with Crippen LogP contribution < -0.4 is 10.7 Å². The van der Waals surface area contributed by atoms with E-state index in [1.54, 1.807) is 12.1 Å². The molecule has 0 radical (unpaired) electrons. The molecule has 6 nitrogen and oxygen atoms in total. The highest BCUT2D eigenvalue weighted by Crippen LogP contribution is 2.20. The summed E-state index contributed by atoms with van der Waals surface area (Å²) in [5, 5.41) is 7.35. The van der Waals surface area contributed by atoms with Gasteiger partial charge in [0.05, 0.1) is 12.0 Å². The number of benzene rings is 1. The Morgan fingerprint density at radius 3 is 2.61 bits per heavy atom. The quantitative estimate of drug-likeness (QED) is 0.231. The molecule has 0 aliphatic heterocycles. The molecule has 0 spiro atoms. The molecule has 2 aromatic rings. The number of para-hydroxylation sites is 1. The Balaban J connectivity index is 1.65. The summed E-state index contributed by atoms with van der Waals surface area (Å²) in [4.78, 5) is 23.6. The van der Waals surface area contributed by atoms with Crippen LogP contribution in [0.4, 0.5) is 5.69 Å². The van der Waals surface area contributed by atoms with Crippen molar-refractivity contribution in [2.45, 2.75) is 50.5 Å². The zero-order valence-corrected chi connectivity index (χ0v) is 17.0. The second-order valence-electron chi connectivity index (χ2n) is 6.32. The first kappa shape index (κ1) is 21.8. The van der Waals surface area contributed by atoms with Gasteiger partial charge in [0.2, 0.25) is 11.8 Å². The highest BCUT2D eigenvalue weighted by atomic mass is 32.2. The predicted octanol–water partition coefficient (Wildman–Crippen LogP) is 4.82. The first-order valence-electron chi connectivity index (χ1n) is 9.57. The Labute approximate surface area is 170 Å². The lowest BCUT2D eigenvalue weighted by Crippen LogP contribution is -2.16. The zero-order chi connectivity index (χ0) is 20.0. The van der Waals surface area contributed by atoms with Gasteiger partial charge in [-0.15, -0.1) is 0 Å². The fourth-order valence-corrected chi connectivity index (χ4v) is 3.11. The van der Waals surface area contributed by atoms with Crippen molar-refractivity contribution in [1.82, 2.24) is 5.43 Å². The molecule has 1 aromatic heterocycles. The smallest absolute Gasteiger partial charge is 0.240 e. The van der Waals surface area contributed by atoms with Gasteiger partial charge in [0.15, 0.2) is 5.09 Å². The van der Waals surface area contributed by atoms with Gasteiger partial charge >= 0.3 is 0 Å². The van der Waals surface area contributed by atoms with Crippen molar-refractivity contribution in [3.05, 3.63) is 48.2 Å². The minimum atomic E-state index is -0.103. The third-order valence-corrected chi connectivity index (χ3v) is 4.80. The van der Waals surface area contributed by atoms with E-state index in [4.69, 9.17) is 4.42 Å². The highest BCUT2D eigenvalue weighted by molar-refractivity contribution is 7.99. The van der Waals surface area contributed by atoms with Gasteiger partial charge in [-0.05, 0) is 30.7 Å². The van der Waals surface area contributed by atoms with Gasteiger partial charge in [-0.3, -0.25) is 9.59 Å². The number of hydrogen-bond donors (Lipinski definition) is 2. The topological polar surface area (TPSA) is 83.7 Å². The molecule has 2 N–H and O–H groups in total. The summed E-state index contributed by atoms with van der Waals surface area (Å²) < 4.78 is 5.57. The van der Waals surface area contributed by atoms with Gasteiger partial charge in [-0.1, -0.05) is 62.6 Å². The maximum atomic E-state index is 11.9. The van der Waals surface area contributed by atoms with Crippen LogP contribution in [0.3, 0.4) is 0 Å². The number of unbranched alkanes of at least 4 members (excludes halogenated alkanes) is 4. The molecule has 0 aliphatic rings. The van der Waals surface area contributed by atoms with Crippen LogP contribution in [0.15, 0.2) is 57.1 Å². The highest BCUT2D eigenvalue weighted by Gasteiger charge is 2.07. The number of nitrogens with one attached hydrogen (secondary N) is 2. The minimum absolute atomic E-state index is 0.0912. The Morgan fingerprint density at radius 2 is 1.82 bits per heavy atom. The van der Waals surface area contributed by atoms with Gasteiger partial charge in [0.25, 0.3) is 0 Å². The second-order valence-corrected chi connectivity index (χ2v) is 7.30. The van der Waals surface area contributed by atoms with Crippen molar-refractivity contribution in [2.75, 3.05) is 11.1 Å². The van der Waals surface area contributed by atoms with E-state index in [1.807, 2.05) is 30.3 Å². The Hall–Kier alpha value is -2.54. The fraction of sp³-hybridized carbons (Fsp3) is 0.381. The van der Waals surface area contributed by atoms with Crippen LogP contribution in [0.25, 0.3) is 0 Å². The third-order valence-electron chi connectivity index (χ3n) is 3.89. The number of thioether (sulfide) groups is 1. The Bertz CT molecular complexity index is 759. The van der Waals surface area contributed by atoms with E-state index in [9.17, 15) is 9.59 Å². The number of carbonyl (C=O) groups excluding carboxylic acids is 2. The predicted molar refractivity (Wildman–Crippen MR) is 114 cm³/mol. The van der Waals surface area contributed by atoms with Gasteiger partial charge < -0.3 is 9.73 Å². The van der Waals surface area contributed by atoms with Crippen molar-refractivity contribution >= 4 is 35.5 Å². The molecule has 0 aliphatic carbocycles. The largest absolute Gasteiger partial charge is 0.449 e. The number of rotatable bonds is 12. The van der Waals surface area contributed by atoms with Crippen molar-refractivity contribution in [3.63, 3.8) is 0 Å². The van der Waals surface area contributed by atoms with E-state index in [1.165, 1.54) is 37.2 Å². The van der Waals surface area contributed by atoms with Crippen LogP contribution in [0, 0.1) is 0 Å². The number of furan rings is 1. The number of hydrogen-bond acceptors (Lipinski definition) is 5. The zero-order valence-electron chi connectivity index (χ0n) is 16.1. The van der Waals surface area contributed by atoms with E-state index in [-0.39, 0.29) is 17.6 Å². The lowest BCUT2D eigenvalue weighted by atomic mass is 10.1. The van der Waals surface area contributed by atoms with E-state index < -0.39 is 0 Å². The molecule has 0 saturated heterocycles. The SMILES string of the molecule is CCCCCCCC(=O)N/N=C\c1ccc(SCC(=O)Nc2ccccc2)o1. The first-order valence-corrected chi connectivity index (χ1v) is 10.6. The summed E-state index contributed by atoms with van der Waals surface area (Å²) in [6.07, 6.45) is 7.48. The molecule has 7 heteroatoms. The Morgan fingerprint density at radius 1 is 1.04 bits per heavy atom. The molecule has 0 unspecified atom stereocenters. The summed E-state index contributed by atoms with van der Waals surface area (Å²) in [6.45, 7) is 2.17. The molecule has 2 rings (SSSR count). The summed E-state index contributed by atoms with van der Waals surface area (Å²) in [6, 6.07) is 12.8. The fourth-order valence-electron chi connectivity index (χ4n) is 2.45. The van der Waals surface area contributed by atoms with E-state index in [2.05, 4.69) is 22.8 Å². The molecule has 28 heavy (non-hydrogen) atoms. The third kappa shape index (κ3) is 8.90. The van der Waals surface area contributed by atoms with Gasteiger partial charge in [-0.25, -0.2) is 5.43 Å². The Kier molecular flexibility index (Phi) is 9.93. The number of nitrogens with zero attached hydrogens (tertiary/aromatic N) is 1. The normalized spacial score (nSPS) is 10.9. The molecule has 150 valence electrons.